The van der Waals surface area contributed by atoms with Crippen molar-refractivity contribution in [3.8, 4) is 0 Å². The highest BCUT2D eigenvalue weighted by Crippen LogP contribution is 2.26. The van der Waals surface area contributed by atoms with E-state index in [2.05, 4.69) is 30.9 Å². The zero-order chi connectivity index (χ0) is 14.1. The standard InChI is InChI=1S/C15H21N3O/c1-14(2,3)10-12-17-13(19-18-12)15(4,16)11-8-6-5-7-9-11/h5-9H,10,16H2,1-4H3. The van der Waals surface area contributed by atoms with Crippen molar-refractivity contribution < 1.29 is 4.52 Å². The molecule has 0 amide bonds. The summed E-state index contributed by atoms with van der Waals surface area (Å²) in [6, 6.07) is 9.79. The minimum Gasteiger partial charge on any atom is -0.337 e. The van der Waals surface area contributed by atoms with Crippen molar-refractivity contribution in [1.29, 1.82) is 0 Å². The minimum atomic E-state index is -0.760. The van der Waals surface area contributed by atoms with Crippen LogP contribution in [0, 0.1) is 5.41 Å². The van der Waals surface area contributed by atoms with Gasteiger partial charge in [-0.25, -0.2) is 0 Å². The van der Waals surface area contributed by atoms with Crippen LogP contribution in [0.2, 0.25) is 0 Å². The fraction of sp³-hybridized carbons (Fsp3) is 0.467. The zero-order valence-electron chi connectivity index (χ0n) is 12.0. The van der Waals surface area contributed by atoms with Crippen molar-refractivity contribution in [1.82, 2.24) is 10.1 Å². The van der Waals surface area contributed by atoms with E-state index in [-0.39, 0.29) is 5.41 Å². The highest BCUT2D eigenvalue weighted by Gasteiger charge is 2.30. The Labute approximate surface area is 114 Å². The Hall–Kier alpha value is -1.68. The van der Waals surface area contributed by atoms with Gasteiger partial charge in [-0.2, -0.15) is 4.98 Å². The quantitative estimate of drug-likeness (QED) is 0.920. The van der Waals surface area contributed by atoms with Gasteiger partial charge in [0.2, 0.25) is 0 Å². The van der Waals surface area contributed by atoms with Crippen molar-refractivity contribution >= 4 is 0 Å². The molecule has 0 spiro atoms. The van der Waals surface area contributed by atoms with Crippen LogP contribution in [0.25, 0.3) is 0 Å². The second kappa shape index (κ2) is 4.78. The van der Waals surface area contributed by atoms with Crippen LogP contribution in [0.4, 0.5) is 0 Å². The molecule has 2 rings (SSSR count). The number of aromatic nitrogens is 2. The second-order valence-corrected chi connectivity index (χ2v) is 6.32. The van der Waals surface area contributed by atoms with Crippen LogP contribution >= 0.6 is 0 Å². The first-order chi connectivity index (χ1) is 8.79. The Kier molecular flexibility index (Phi) is 3.45. The molecule has 0 aliphatic rings. The van der Waals surface area contributed by atoms with Gasteiger partial charge in [-0.1, -0.05) is 56.3 Å². The van der Waals surface area contributed by atoms with Crippen molar-refractivity contribution in [2.45, 2.75) is 39.7 Å². The van der Waals surface area contributed by atoms with E-state index in [0.717, 1.165) is 12.0 Å². The Morgan fingerprint density at radius 2 is 1.74 bits per heavy atom. The van der Waals surface area contributed by atoms with Crippen LogP contribution in [0.1, 0.15) is 45.0 Å². The maximum absolute atomic E-state index is 6.34. The first kappa shape index (κ1) is 13.7. The van der Waals surface area contributed by atoms with Crippen molar-refractivity contribution in [2.75, 3.05) is 0 Å². The third-order valence-corrected chi connectivity index (χ3v) is 2.97. The maximum Gasteiger partial charge on any atom is 0.251 e. The third-order valence-electron chi connectivity index (χ3n) is 2.97. The molecule has 1 aromatic carbocycles. The SMILES string of the molecule is CC(C)(C)Cc1noc(C(C)(N)c2ccccc2)n1. The predicted molar refractivity (Wildman–Crippen MR) is 74.5 cm³/mol. The average molecular weight is 259 g/mol. The topological polar surface area (TPSA) is 64.9 Å². The zero-order valence-corrected chi connectivity index (χ0v) is 12.0. The van der Waals surface area contributed by atoms with E-state index < -0.39 is 5.54 Å². The van der Waals surface area contributed by atoms with Crippen molar-refractivity contribution in [3.63, 3.8) is 0 Å². The van der Waals surface area contributed by atoms with Gasteiger partial charge in [-0.15, -0.1) is 0 Å². The molecule has 1 unspecified atom stereocenters. The van der Waals surface area contributed by atoms with Gasteiger partial charge in [0.25, 0.3) is 5.89 Å². The van der Waals surface area contributed by atoms with Gasteiger partial charge < -0.3 is 10.3 Å². The predicted octanol–water partition coefficient (Wildman–Crippen LogP) is 2.88. The molecular formula is C15H21N3O. The summed E-state index contributed by atoms with van der Waals surface area (Å²) in [4.78, 5) is 4.44. The van der Waals surface area contributed by atoms with Crippen molar-refractivity contribution in [2.24, 2.45) is 11.1 Å². The molecule has 0 saturated carbocycles. The molecule has 1 aromatic heterocycles. The molecule has 0 fully saturated rings. The molecule has 2 N–H and O–H groups in total. The summed E-state index contributed by atoms with van der Waals surface area (Å²) in [5, 5.41) is 4.03. The van der Waals surface area contributed by atoms with E-state index in [1.165, 1.54) is 0 Å². The smallest absolute Gasteiger partial charge is 0.251 e. The molecule has 4 heteroatoms. The first-order valence-electron chi connectivity index (χ1n) is 6.46. The van der Waals surface area contributed by atoms with E-state index in [1.54, 1.807) is 0 Å². The molecule has 102 valence electrons. The van der Waals surface area contributed by atoms with Gasteiger partial charge in [0, 0.05) is 6.42 Å². The van der Waals surface area contributed by atoms with Gasteiger partial charge in [-0.05, 0) is 17.9 Å². The molecule has 0 aliphatic heterocycles. The van der Waals surface area contributed by atoms with Crippen LogP contribution in [0.3, 0.4) is 0 Å². The molecule has 1 atom stereocenters. The van der Waals surface area contributed by atoms with E-state index in [1.807, 2.05) is 37.3 Å². The minimum absolute atomic E-state index is 0.124. The van der Waals surface area contributed by atoms with Gasteiger partial charge >= 0.3 is 0 Å². The van der Waals surface area contributed by atoms with E-state index in [0.29, 0.717) is 11.7 Å². The summed E-state index contributed by atoms with van der Waals surface area (Å²) in [6.07, 6.45) is 0.765. The number of nitrogens with two attached hydrogens (primary N) is 1. The molecule has 1 heterocycles. The lowest BCUT2D eigenvalue weighted by Crippen LogP contribution is -2.34. The number of rotatable bonds is 3. The molecule has 0 aliphatic carbocycles. The molecule has 19 heavy (non-hydrogen) atoms. The fourth-order valence-electron chi connectivity index (χ4n) is 1.92. The number of nitrogens with zero attached hydrogens (tertiary/aromatic N) is 2. The normalized spacial score (nSPS) is 15.2. The number of hydrogen-bond donors (Lipinski definition) is 1. The second-order valence-electron chi connectivity index (χ2n) is 6.32. The summed E-state index contributed by atoms with van der Waals surface area (Å²) in [5.41, 5.74) is 6.66. The molecule has 4 nitrogen and oxygen atoms in total. The van der Waals surface area contributed by atoms with E-state index in [4.69, 9.17) is 10.3 Å². The van der Waals surface area contributed by atoms with Gasteiger partial charge in [0.15, 0.2) is 5.82 Å². The summed E-state index contributed by atoms with van der Waals surface area (Å²) in [6.45, 7) is 8.31. The third kappa shape index (κ3) is 3.20. The Balaban J connectivity index is 2.27. The fourth-order valence-corrected chi connectivity index (χ4v) is 1.92. The summed E-state index contributed by atoms with van der Waals surface area (Å²) >= 11 is 0. The van der Waals surface area contributed by atoms with Crippen LogP contribution < -0.4 is 5.73 Å². The number of benzene rings is 1. The molecule has 0 bridgehead atoms. The Morgan fingerprint density at radius 3 is 2.32 bits per heavy atom. The van der Waals surface area contributed by atoms with Crippen LogP contribution in [-0.4, -0.2) is 10.1 Å². The van der Waals surface area contributed by atoms with Gasteiger partial charge in [0.1, 0.15) is 5.54 Å². The molecule has 2 aromatic rings. The largest absolute Gasteiger partial charge is 0.337 e. The van der Waals surface area contributed by atoms with E-state index >= 15 is 0 Å². The first-order valence-corrected chi connectivity index (χ1v) is 6.46. The molecule has 0 saturated heterocycles. The molecule has 0 radical (unpaired) electrons. The monoisotopic (exact) mass is 259 g/mol. The van der Waals surface area contributed by atoms with Crippen LogP contribution in [-0.2, 0) is 12.0 Å². The molecular weight excluding hydrogens is 238 g/mol. The van der Waals surface area contributed by atoms with Crippen LogP contribution in [0.5, 0.6) is 0 Å². The maximum atomic E-state index is 6.34. The van der Waals surface area contributed by atoms with E-state index in [9.17, 15) is 0 Å². The summed E-state index contributed by atoms with van der Waals surface area (Å²) in [7, 11) is 0. The summed E-state index contributed by atoms with van der Waals surface area (Å²) < 4.78 is 5.34. The highest BCUT2D eigenvalue weighted by molar-refractivity contribution is 5.28. The average Bonchev–Trinajstić information content (AvgIpc) is 2.77. The lowest BCUT2D eigenvalue weighted by atomic mass is 9.91. The lowest BCUT2D eigenvalue weighted by Gasteiger charge is -2.20. The Bertz CT molecular complexity index is 538. The van der Waals surface area contributed by atoms with Crippen molar-refractivity contribution in [3.05, 3.63) is 47.6 Å². The highest BCUT2D eigenvalue weighted by atomic mass is 16.5. The lowest BCUT2D eigenvalue weighted by molar-refractivity contribution is 0.317. The van der Waals surface area contributed by atoms with Gasteiger partial charge in [0.05, 0.1) is 0 Å². The van der Waals surface area contributed by atoms with Gasteiger partial charge in [-0.3, -0.25) is 0 Å². The van der Waals surface area contributed by atoms with Crippen LogP contribution in [0.15, 0.2) is 34.9 Å². The summed E-state index contributed by atoms with van der Waals surface area (Å²) in [5.74, 6) is 1.16. The Morgan fingerprint density at radius 1 is 1.11 bits per heavy atom. The number of hydrogen-bond acceptors (Lipinski definition) is 4.